The summed E-state index contributed by atoms with van der Waals surface area (Å²) >= 11 is 3.40. The number of piperidine rings is 1. The van der Waals surface area contributed by atoms with Gasteiger partial charge in [-0.25, -0.2) is 0 Å². The van der Waals surface area contributed by atoms with E-state index >= 15 is 0 Å². The van der Waals surface area contributed by atoms with Crippen LogP contribution in [0, 0.1) is 11.3 Å². The Labute approximate surface area is 121 Å². The van der Waals surface area contributed by atoms with Crippen molar-refractivity contribution in [2.75, 3.05) is 31.2 Å². The Bertz CT molecular complexity index is 511. The third kappa shape index (κ3) is 2.48. The Kier molecular flexibility index (Phi) is 3.48. The SMILES string of the molecule is N#Cc1cc(Br)ccc1N1CCC2(CC1)OCCO2. The van der Waals surface area contributed by atoms with Crippen LogP contribution in [0.4, 0.5) is 5.69 Å². The summed E-state index contributed by atoms with van der Waals surface area (Å²) < 4.78 is 12.4. The Hall–Kier alpha value is -1.09. The van der Waals surface area contributed by atoms with Gasteiger partial charge >= 0.3 is 0 Å². The first-order valence-corrected chi connectivity index (χ1v) is 7.24. The van der Waals surface area contributed by atoms with Crippen molar-refractivity contribution < 1.29 is 9.47 Å². The summed E-state index contributed by atoms with van der Waals surface area (Å²) in [6, 6.07) is 8.10. The van der Waals surface area contributed by atoms with Gasteiger partial charge in [0.25, 0.3) is 0 Å². The zero-order valence-corrected chi connectivity index (χ0v) is 12.1. The summed E-state index contributed by atoms with van der Waals surface area (Å²) in [5, 5.41) is 9.23. The highest BCUT2D eigenvalue weighted by atomic mass is 79.9. The molecule has 5 heteroatoms. The van der Waals surface area contributed by atoms with Crippen LogP contribution >= 0.6 is 15.9 Å². The highest BCUT2D eigenvalue weighted by Crippen LogP contribution is 2.34. The monoisotopic (exact) mass is 322 g/mol. The zero-order valence-electron chi connectivity index (χ0n) is 10.6. The lowest BCUT2D eigenvalue weighted by Gasteiger charge is -2.39. The van der Waals surface area contributed by atoms with Gasteiger partial charge in [-0.2, -0.15) is 5.26 Å². The van der Waals surface area contributed by atoms with Gasteiger partial charge in [0.15, 0.2) is 5.79 Å². The van der Waals surface area contributed by atoms with Gasteiger partial charge in [-0.3, -0.25) is 0 Å². The van der Waals surface area contributed by atoms with E-state index in [-0.39, 0.29) is 5.79 Å². The van der Waals surface area contributed by atoms with Crippen LogP contribution in [-0.2, 0) is 9.47 Å². The zero-order chi connectivity index (χ0) is 13.3. The lowest BCUT2D eigenvalue weighted by molar-refractivity contribution is -0.169. The van der Waals surface area contributed by atoms with Crippen LogP contribution in [0.15, 0.2) is 22.7 Å². The molecule has 0 unspecified atom stereocenters. The minimum Gasteiger partial charge on any atom is -0.370 e. The molecule has 1 aromatic carbocycles. The highest BCUT2D eigenvalue weighted by molar-refractivity contribution is 9.10. The van der Waals surface area contributed by atoms with E-state index in [1.807, 2.05) is 18.2 Å². The molecule has 0 N–H and O–H groups in total. The Morgan fingerprint density at radius 3 is 2.53 bits per heavy atom. The molecule has 1 aromatic rings. The van der Waals surface area contributed by atoms with Crippen molar-refractivity contribution in [3.8, 4) is 6.07 Å². The second kappa shape index (κ2) is 5.12. The maximum atomic E-state index is 9.23. The summed E-state index contributed by atoms with van der Waals surface area (Å²) in [7, 11) is 0. The largest absolute Gasteiger partial charge is 0.370 e. The van der Waals surface area contributed by atoms with Crippen LogP contribution in [0.3, 0.4) is 0 Å². The predicted octanol–water partition coefficient (Wildman–Crippen LogP) is 2.66. The Balaban J connectivity index is 1.77. The normalized spacial score (nSPS) is 21.6. The van der Waals surface area contributed by atoms with E-state index in [1.165, 1.54) is 0 Å². The molecular weight excluding hydrogens is 308 g/mol. The Morgan fingerprint density at radius 1 is 1.21 bits per heavy atom. The molecule has 19 heavy (non-hydrogen) atoms. The molecule has 2 heterocycles. The molecule has 2 saturated heterocycles. The first-order valence-electron chi connectivity index (χ1n) is 6.45. The molecule has 0 bridgehead atoms. The molecule has 0 radical (unpaired) electrons. The van der Waals surface area contributed by atoms with Crippen molar-refractivity contribution in [3.63, 3.8) is 0 Å². The highest BCUT2D eigenvalue weighted by Gasteiger charge is 2.40. The van der Waals surface area contributed by atoms with Crippen LogP contribution in [0.25, 0.3) is 0 Å². The molecule has 3 rings (SSSR count). The van der Waals surface area contributed by atoms with Gasteiger partial charge in [0.2, 0.25) is 0 Å². The molecule has 1 spiro atoms. The van der Waals surface area contributed by atoms with Gasteiger partial charge in [-0.05, 0) is 18.2 Å². The molecule has 0 aromatic heterocycles. The van der Waals surface area contributed by atoms with Crippen LogP contribution in [0.5, 0.6) is 0 Å². The Morgan fingerprint density at radius 2 is 1.89 bits per heavy atom. The maximum absolute atomic E-state index is 9.23. The fourth-order valence-corrected chi connectivity index (χ4v) is 3.11. The molecule has 4 nitrogen and oxygen atoms in total. The van der Waals surface area contributed by atoms with E-state index in [2.05, 4.69) is 26.9 Å². The van der Waals surface area contributed by atoms with E-state index in [9.17, 15) is 5.26 Å². The molecule has 2 aliphatic heterocycles. The molecule has 2 aliphatic rings. The van der Waals surface area contributed by atoms with E-state index in [4.69, 9.17) is 9.47 Å². The minimum absolute atomic E-state index is 0.362. The number of rotatable bonds is 1. The third-order valence-electron chi connectivity index (χ3n) is 3.76. The maximum Gasteiger partial charge on any atom is 0.171 e. The average molecular weight is 323 g/mol. The second-order valence-corrected chi connectivity index (χ2v) is 5.78. The van der Waals surface area contributed by atoms with Gasteiger partial charge in [0, 0.05) is 30.4 Å². The topological polar surface area (TPSA) is 45.5 Å². The van der Waals surface area contributed by atoms with Gasteiger partial charge < -0.3 is 14.4 Å². The van der Waals surface area contributed by atoms with Crippen molar-refractivity contribution in [1.82, 2.24) is 0 Å². The van der Waals surface area contributed by atoms with Gasteiger partial charge in [-0.1, -0.05) is 15.9 Å². The quantitative estimate of drug-likeness (QED) is 0.797. The van der Waals surface area contributed by atoms with Crippen molar-refractivity contribution in [3.05, 3.63) is 28.2 Å². The molecule has 2 fully saturated rings. The molecule has 100 valence electrons. The summed E-state index contributed by atoms with van der Waals surface area (Å²) in [4.78, 5) is 2.24. The van der Waals surface area contributed by atoms with Crippen molar-refractivity contribution >= 4 is 21.6 Å². The third-order valence-corrected chi connectivity index (χ3v) is 4.25. The second-order valence-electron chi connectivity index (χ2n) is 4.87. The number of hydrogen-bond acceptors (Lipinski definition) is 4. The molecule has 0 saturated carbocycles. The predicted molar refractivity (Wildman–Crippen MR) is 74.9 cm³/mol. The van der Waals surface area contributed by atoms with Gasteiger partial charge in [0.05, 0.1) is 24.5 Å². The van der Waals surface area contributed by atoms with Gasteiger partial charge in [0.1, 0.15) is 6.07 Å². The molecule has 0 atom stereocenters. The lowest BCUT2D eigenvalue weighted by atomic mass is 10.0. The van der Waals surface area contributed by atoms with E-state index in [0.717, 1.165) is 36.1 Å². The molecule has 0 amide bonds. The number of benzene rings is 1. The van der Waals surface area contributed by atoms with E-state index in [0.29, 0.717) is 18.8 Å². The standard InChI is InChI=1S/C14H15BrN2O2/c15-12-1-2-13(11(9-12)10-16)17-5-3-14(4-6-17)18-7-8-19-14/h1-2,9H,3-8H2. The first-order chi connectivity index (χ1) is 9.22. The number of nitrogens with zero attached hydrogens (tertiary/aromatic N) is 2. The fraction of sp³-hybridized carbons (Fsp3) is 0.500. The van der Waals surface area contributed by atoms with Crippen molar-refractivity contribution in [2.45, 2.75) is 18.6 Å². The smallest absolute Gasteiger partial charge is 0.171 e. The molecular formula is C14H15BrN2O2. The summed E-state index contributed by atoms with van der Waals surface area (Å²) in [5.74, 6) is -0.362. The summed E-state index contributed by atoms with van der Waals surface area (Å²) in [6.45, 7) is 3.11. The first kappa shape index (κ1) is 12.9. The van der Waals surface area contributed by atoms with Crippen molar-refractivity contribution in [2.24, 2.45) is 0 Å². The van der Waals surface area contributed by atoms with Crippen LogP contribution in [-0.4, -0.2) is 32.1 Å². The number of ether oxygens (including phenoxy) is 2. The number of anilines is 1. The van der Waals surface area contributed by atoms with E-state index in [1.54, 1.807) is 0 Å². The van der Waals surface area contributed by atoms with Crippen molar-refractivity contribution in [1.29, 1.82) is 5.26 Å². The summed E-state index contributed by atoms with van der Waals surface area (Å²) in [6.07, 6.45) is 1.71. The van der Waals surface area contributed by atoms with Gasteiger partial charge in [-0.15, -0.1) is 0 Å². The fourth-order valence-electron chi connectivity index (χ4n) is 2.75. The summed E-state index contributed by atoms with van der Waals surface area (Å²) in [5.41, 5.74) is 1.71. The minimum atomic E-state index is -0.362. The van der Waals surface area contributed by atoms with Crippen LogP contribution < -0.4 is 4.90 Å². The molecule has 0 aliphatic carbocycles. The van der Waals surface area contributed by atoms with E-state index < -0.39 is 0 Å². The lowest BCUT2D eigenvalue weighted by Crippen LogP contribution is -2.45. The number of nitriles is 1. The van der Waals surface area contributed by atoms with Crippen LogP contribution in [0.1, 0.15) is 18.4 Å². The number of halogens is 1. The average Bonchev–Trinajstić information content (AvgIpc) is 2.88. The van der Waals surface area contributed by atoms with Crippen LogP contribution in [0.2, 0.25) is 0 Å². The number of hydrogen-bond donors (Lipinski definition) is 0.